The van der Waals surface area contributed by atoms with Crippen molar-refractivity contribution in [1.82, 2.24) is 0 Å². The van der Waals surface area contributed by atoms with Gasteiger partial charge in [0.25, 0.3) is 0 Å². The summed E-state index contributed by atoms with van der Waals surface area (Å²) in [6, 6.07) is 9.85. The zero-order chi connectivity index (χ0) is 33.4. The molecule has 0 aliphatic carbocycles. The number of nitrogens with two attached hydrogens (primary N) is 2. The summed E-state index contributed by atoms with van der Waals surface area (Å²) in [4.78, 5) is 65.5. The Labute approximate surface area is 261 Å². The number of Topliss-reactive ketones (excluding diaryl/α,β-unsaturated/α-hetero) is 1. The summed E-state index contributed by atoms with van der Waals surface area (Å²) in [5.41, 5.74) is 10.5. The number of carbonyl (C=O) groups excluding carboxylic acids is 1. The number of hydrogen-bond donors (Lipinski definition) is 4. The lowest BCUT2D eigenvalue weighted by Crippen LogP contribution is -2.34. The number of carbonyl (C=O) groups is 3. The highest BCUT2D eigenvalue weighted by atomic mass is 16.5. The van der Waals surface area contributed by atoms with Gasteiger partial charge in [-0.05, 0) is 50.5 Å². The highest BCUT2D eigenvalue weighted by Gasteiger charge is 2.23. The third kappa shape index (κ3) is 8.35. The molecule has 2 heterocycles. The van der Waals surface area contributed by atoms with Gasteiger partial charge in [0.2, 0.25) is 11.5 Å². The van der Waals surface area contributed by atoms with E-state index in [0.29, 0.717) is 31.6 Å². The van der Waals surface area contributed by atoms with Crippen LogP contribution in [-0.4, -0.2) is 59.6 Å². The Hall–Kier alpha value is -5.50. The molecule has 2 aromatic heterocycles. The van der Waals surface area contributed by atoms with Crippen LogP contribution in [0.3, 0.4) is 0 Å². The molecule has 6 N–H and O–H groups in total. The molecule has 0 fully saturated rings. The summed E-state index contributed by atoms with van der Waals surface area (Å²) in [6.45, 7) is 1.94. The fourth-order valence-corrected chi connectivity index (χ4v) is 4.72. The van der Waals surface area contributed by atoms with Crippen LogP contribution in [0.5, 0.6) is 11.5 Å². The van der Waals surface area contributed by atoms with E-state index in [2.05, 4.69) is 4.99 Å². The van der Waals surface area contributed by atoms with E-state index < -0.39 is 46.3 Å². The summed E-state index contributed by atoms with van der Waals surface area (Å²) < 4.78 is 22.6. The topological polar surface area (TPSA) is 235 Å². The number of unbranched alkanes of at least 4 members (excludes halogenated alkanes) is 1. The summed E-state index contributed by atoms with van der Waals surface area (Å²) >= 11 is 0. The van der Waals surface area contributed by atoms with Crippen LogP contribution in [0, 0.1) is 5.92 Å². The second-order valence-electron chi connectivity index (χ2n) is 10.6. The van der Waals surface area contributed by atoms with Gasteiger partial charge < -0.3 is 40.0 Å². The van der Waals surface area contributed by atoms with Gasteiger partial charge in [0.15, 0.2) is 10.9 Å². The Balaban J connectivity index is 1.55. The smallest absolute Gasteiger partial charge is 0.371 e. The van der Waals surface area contributed by atoms with Gasteiger partial charge in [0, 0.05) is 31.0 Å². The molecule has 14 heteroatoms. The van der Waals surface area contributed by atoms with Crippen molar-refractivity contribution in [3.05, 3.63) is 80.5 Å². The molecule has 2 aromatic carbocycles. The highest BCUT2D eigenvalue weighted by Crippen LogP contribution is 2.27. The van der Waals surface area contributed by atoms with Gasteiger partial charge in [-0.3, -0.25) is 19.4 Å². The monoisotopic (exact) mass is 635 g/mol. The molecule has 0 aliphatic rings. The molecule has 0 saturated heterocycles. The van der Waals surface area contributed by atoms with Crippen molar-refractivity contribution in [2.24, 2.45) is 22.4 Å². The maximum atomic E-state index is 13.2. The minimum Gasteiger partial charge on any atom is -0.492 e. The van der Waals surface area contributed by atoms with Crippen molar-refractivity contribution in [1.29, 1.82) is 0 Å². The van der Waals surface area contributed by atoms with Crippen LogP contribution >= 0.6 is 0 Å². The van der Waals surface area contributed by atoms with E-state index in [0.717, 1.165) is 12.1 Å². The van der Waals surface area contributed by atoms with Crippen molar-refractivity contribution >= 4 is 45.5 Å². The van der Waals surface area contributed by atoms with Crippen molar-refractivity contribution in [3.63, 3.8) is 0 Å². The number of carboxylic acid groups (broad SMARTS) is 2. The average Bonchev–Trinajstić information content (AvgIpc) is 3.01. The quantitative estimate of drug-likeness (QED) is 0.0787. The Morgan fingerprint density at radius 2 is 1.35 bits per heavy atom. The Morgan fingerprint density at radius 1 is 0.848 bits per heavy atom. The summed E-state index contributed by atoms with van der Waals surface area (Å²) in [6.07, 6.45) is 1.69. The van der Waals surface area contributed by atoms with Crippen LogP contribution in [0.2, 0.25) is 0 Å². The molecule has 0 radical (unpaired) electrons. The number of benzene rings is 2. The first-order valence-corrected chi connectivity index (χ1v) is 14.3. The molecule has 0 aliphatic heterocycles. The van der Waals surface area contributed by atoms with E-state index in [1.54, 1.807) is 6.92 Å². The lowest BCUT2D eigenvalue weighted by Gasteiger charge is -2.20. The molecule has 0 amide bonds. The maximum Gasteiger partial charge on any atom is 0.371 e. The molecule has 0 unspecified atom stereocenters. The Bertz CT molecular complexity index is 1790. The SMILES string of the molecule is CC(N)=NCCCC[C@H](N)C(=O)CC(COc1cccc2oc(C(=O)O)cc(=O)c12)COc1cccc2oc(C(=O)O)cc(=O)c12. The summed E-state index contributed by atoms with van der Waals surface area (Å²) in [7, 11) is 0. The van der Waals surface area contributed by atoms with Crippen LogP contribution in [0.1, 0.15) is 53.7 Å². The number of aliphatic imine (C=N–C) groups is 1. The Kier molecular flexibility index (Phi) is 10.9. The minimum absolute atomic E-state index is 0.00525. The van der Waals surface area contributed by atoms with Gasteiger partial charge in [0.05, 0.1) is 25.1 Å². The predicted octanol–water partition coefficient (Wildman–Crippen LogP) is 3.20. The maximum absolute atomic E-state index is 13.2. The van der Waals surface area contributed by atoms with Gasteiger partial charge in [-0.15, -0.1) is 0 Å². The van der Waals surface area contributed by atoms with Crippen LogP contribution in [0.25, 0.3) is 21.9 Å². The average molecular weight is 636 g/mol. The van der Waals surface area contributed by atoms with Crippen molar-refractivity contribution < 1.29 is 42.9 Å². The van der Waals surface area contributed by atoms with E-state index in [1.165, 1.54) is 36.4 Å². The third-order valence-corrected chi connectivity index (χ3v) is 6.99. The lowest BCUT2D eigenvalue weighted by atomic mass is 9.97. The van der Waals surface area contributed by atoms with Gasteiger partial charge in [-0.25, -0.2) is 9.59 Å². The molecule has 0 spiro atoms. The molecule has 14 nitrogen and oxygen atoms in total. The van der Waals surface area contributed by atoms with Crippen LogP contribution in [0.15, 0.2) is 71.9 Å². The number of aromatic carboxylic acids is 2. The first-order chi connectivity index (χ1) is 21.9. The molecule has 1 atom stereocenters. The largest absolute Gasteiger partial charge is 0.492 e. The molecular weight excluding hydrogens is 602 g/mol. The number of rotatable bonds is 16. The molecular formula is C32H33N3O11. The van der Waals surface area contributed by atoms with E-state index in [-0.39, 0.29) is 58.9 Å². The standard InChI is InChI=1S/C32H33N3O11/c1-17(33)35-11-3-2-6-19(34)20(36)12-18(15-43-23-7-4-9-25-29(23)21(37)13-27(45-25)31(39)40)16-44-24-8-5-10-26-30(24)22(38)14-28(46-26)32(41)42/h4-5,7-10,13-14,18-19H,2-3,6,11-12,15-16,34H2,1H3,(H2,33,35)(H,39,40)(H,41,42)/t19-/m0/s1. The van der Waals surface area contributed by atoms with Crippen LogP contribution in [0.4, 0.5) is 0 Å². The highest BCUT2D eigenvalue weighted by molar-refractivity contribution is 5.90. The Morgan fingerprint density at radius 3 is 1.80 bits per heavy atom. The summed E-state index contributed by atoms with van der Waals surface area (Å²) in [5, 5.41) is 18.5. The molecule has 242 valence electrons. The fourth-order valence-electron chi connectivity index (χ4n) is 4.72. The van der Waals surface area contributed by atoms with E-state index in [1.807, 2.05) is 0 Å². The second kappa shape index (κ2) is 15.0. The molecule has 0 saturated carbocycles. The second-order valence-corrected chi connectivity index (χ2v) is 10.6. The number of ether oxygens (including phenoxy) is 2. The molecule has 0 bridgehead atoms. The van der Waals surface area contributed by atoms with Gasteiger partial charge in [-0.2, -0.15) is 0 Å². The number of ketones is 1. The normalized spacial score (nSPS) is 12.4. The molecule has 4 rings (SSSR count). The van der Waals surface area contributed by atoms with Crippen molar-refractivity contribution in [2.75, 3.05) is 19.8 Å². The van der Waals surface area contributed by atoms with E-state index >= 15 is 0 Å². The number of fused-ring (bicyclic) bond motifs is 2. The first-order valence-electron chi connectivity index (χ1n) is 14.3. The van der Waals surface area contributed by atoms with Gasteiger partial charge >= 0.3 is 11.9 Å². The lowest BCUT2D eigenvalue weighted by molar-refractivity contribution is -0.121. The van der Waals surface area contributed by atoms with E-state index in [9.17, 15) is 34.2 Å². The molecule has 46 heavy (non-hydrogen) atoms. The third-order valence-electron chi connectivity index (χ3n) is 6.99. The first kappa shape index (κ1) is 33.4. The number of nitrogens with zero attached hydrogens (tertiary/aromatic N) is 1. The number of amidine groups is 1. The van der Waals surface area contributed by atoms with Gasteiger partial charge in [-0.1, -0.05) is 12.1 Å². The van der Waals surface area contributed by atoms with Gasteiger partial charge in [0.1, 0.15) is 39.2 Å². The number of hydrogen-bond acceptors (Lipinski definition) is 11. The molecule has 4 aromatic rings. The van der Waals surface area contributed by atoms with Crippen LogP contribution in [-0.2, 0) is 4.79 Å². The fraction of sp³-hybridized carbons (Fsp3) is 0.312. The minimum atomic E-state index is -1.40. The number of carboxylic acids is 2. The zero-order valence-electron chi connectivity index (χ0n) is 24.9. The predicted molar refractivity (Wildman–Crippen MR) is 167 cm³/mol. The zero-order valence-corrected chi connectivity index (χ0v) is 24.9. The van der Waals surface area contributed by atoms with Crippen molar-refractivity contribution in [3.8, 4) is 11.5 Å². The van der Waals surface area contributed by atoms with Crippen molar-refractivity contribution in [2.45, 2.75) is 38.6 Å². The van der Waals surface area contributed by atoms with Crippen LogP contribution < -0.4 is 31.8 Å². The van der Waals surface area contributed by atoms with E-state index in [4.69, 9.17) is 29.8 Å². The summed E-state index contributed by atoms with van der Waals surface area (Å²) in [5.74, 6) is -4.07.